The summed E-state index contributed by atoms with van der Waals surface area (Å²) in [7, 11) is 0. The van der Waals surface area contributed by atoms with E-state index in [1.807, 2.05) is 6.92 Å². The van der Waals surface area contributed by atoms with Crippen molar-refractivity contribution >= 4 is 28.5 Å². The van der Waals surface area contributed by atoms with Crippen LogP contribution in [0.4, 0.5) is 4.39 Å². The maximum Gasteiger partial charge on any atom is 0.354 e. The molecular weight excluding hydrogens is 597 g/mol. The minimum atomic E-state index is -0.548. The van der Waals surface area contributed by atoms with Gasteiger partial charge >= 0.3 is 5.69 Å². The number of pyridine rings is 1. The van der Waals surface area contributed by atoms with E-state index >= 15 is 4.39 Å². The third-order valence-corrected chi connectivity index (χ3v) is 8.54. The van der Waals surface area contributed by atoms with Gasteiger partial charge in [0.15, 0.2) is 5.82 Å². The molecule has 240 valence electrons. The van der Waals surface area contributed by atoms with E-state index in [9.17, 15) is 9.90 Å². The Morgan fingerprint density at radius 2 is 2.11 bits per heavy atom. The van der Waals surface area contributed by atoms with Gasteiger partial charge in [-0.2, -0.15) is 4.98 Å². The van der Waals surface area contributed by atoms with Crippen molar-refractivity contribution < 1.29 is 9.50 Å². The first-order chi connectivity index (χ1) is 21.7. The fourth-order valence-electron chi connectivity index (χ4n) is 5.91. The van der Waals surface area contributed by atoms with Crippen molar-refractivity contribution in [1.82, 2.24) is 24.8 Å². The number of nitrogens with one attached hydrogen (secondary N) is 2. The Bertz CT molecular complexity index is 1740. The monoisotopic (exact) mass is 637 g/mol. The number of hydrogen-bond donors (Lipinski definition) is 6. The van der Waals surface area contributed by atoms with E-state index in [0.29, 0.717) is 52.3 Å². The number of nitrogens with two attached hydrogens (primary N) is 3. The van der Waals surface area contributed by atoms with Gasteiger partial charge in [-0.05, 0) is 81.7 Å². The second kappa shape index (κ2) is 14.6. The van der Waals surface area contributed by atoms with Crippen molar-refractivity contribution in [2.45, 2.75) is 76.6 Å². The van der Waals surface area contributed by atoms with Gasteiger partial charge in [-0.25, -0.2) is 9.18 Å². The lowest BCUT2D eigenvalue weighted by Gasteiger charge is -2.31. The summed E-state index contributed by atoms with van der Waals surface area (Å²) >= 11 is 6.26. The zero-order chi connectivity index (χ0) is 32.1. The topological polar surface area (TPSA) is 186 Å². The van der Waals surface area contributed by atoms with Gasteiger partial charge in [0, 0.05) is 41.3 Å². The lowest BCUT2D eigenvalue weighted by molar-refractivity contribution is 0.270. The minimum Gasteiger partial charge on any atom is -0.392 e. The maximum atomic E-state index is 15.2. The van der Waals surface area contributed by atoms with Crippen LogP contribution in [0.1, 0.15) is 68.3 Å². The summed E-state index contributed by atoms with van der Waals surface area (Å²) in [6, 6.07) is 7.18. The lowest BCUT2D eigenvalue weighted by atomic mass is 9.92. The van der Waals surface area contributed by atoms with E-state index in [4.69, 9.17) is 33.8 Å². The molecule has 45 heavy (non-hydrogen) atoms. The smallest absolute Gasteiger partial charge is 0.354 e. The maximum absolute atomic E-state index is 15.2. The summed E-state index contributed by atoms with van der Waals surface area (Å²) in [5.74, 6) is -0.108. The average molecular weight is 638 g/mol. The minimum absolute atomic E-state index is 0.0285. The molecule has 0 amide bonds. The van der Waals surface area contributed by atoms with Crippen LogP contribution in [-0.2, 0) is 13.0 Å². The summed E-state index contributed by atoms with van der Waals surface area (Å²) in [5, 5.41) is 14.5. The molecule has 3 aromatic heterocycles. The molecule has 13 heteroatoms. The Morgan fingerprint density at radius 3 is 2.87 bits per heavy atom. The van der Waals surface area contributed by atoms with Crippen molar-refractivity contribution in [2.24, 2.45) is 22.2 Å². The highest BCUT2D eigenvalue weighted by Gasteiger charge is 2.25. The van der Waals surface area contributed by atoms with Crippen LogP contribution in [0.5, 0.6) is 0 Å². The average Bonchev–Trinajstić information content (AvgIpc) is 3.44. The highest BCUT2D eigenvalue weighted by Crippen LogP contribution is 2.32. The number of fused-ring (bicyclic) bond motifs is 1. The summed E-state index contributed by atoms with van der Waals surface area (Å²) < 4.78 is 16.5. The Labute approximate surface area is 266 Å². The standard InChI is InChI=1S/C32H41ClFN9O2/c1-18(36)4-2-5-19-10-24(29(34)25(33)11-19)27-13-20-16-43(32(45)42-31(20)41-27)23-12-21(17-44)30(39-15-23)26-7-3-6-22(40-26)8-9-38-28(37)14-35/h10-13,15-16,18,22,26,40,44H,2-9,14,17,35-36H2,1H3,(H2,37,38)(H,41,42,45)/t18-,22-,26-/m0/s1. The molecule has 0 unspecified atom stereocenters. The number of halogens is 2. The summed E-state index contributed by atoms with van der Waals surface area (Å²) in [6.07, 6.45) is 9.36. The van der Waals surface area contributed by atoms with Crippen molar-refractivity contribution in [3.05, 3.63) is 74.8 Å². The molecule has 1 fully saturated rings. The number of aromatic amines is 1. The number of aliphatic imine (C=N–C) groups is 1. The van der Waals surface area contributed by atoms with Gasteiger partial charge in [0.25, 0.3) is 0 Å². The number of aliphatic hydroxyl groups is 1. The van der Waals surface area contributed by atoms with E-state index < -0.39 is 11.5 Å². The number of nitrogens with zero attached hydrogens (tertiary/aromatic N) is 4. The van der Waals surface area contributed by atoms with Crippen LogP contribution in [-0.4, -0.2) is 55.6 Å². The van der Waals surface area contributed by atoms with Crippen LogP contribution in [0.25, 0.3) is 28.0 Å². The predicted octanol–water partition coefficient (Wildman–Crippen LogP) is 3.62. The van der Waals surface area contributed by atoms with Gasteiger partial charge in [0.1, 0.15) is 11.5 Å². The van der Waals surface area contributed by atoms with E-state index in [0.717, 1.165) is 49.8 Å². The zero-order valence-electron chi connectivity index (χ0n) is 25.4. The number of rotatable bonds is 12. The molecule has 0 bridgehead atoms. The molecule has 1 aromatic carbocycles. The van der Waals surface area contributed by atoms with Gasteiger partial charge in [0.05, 0.1) is 47.5 Å². The first kappa shape index (κ1) is 32.7. The van der Waals surface area contributed by atoms with Crippen LogP contribution in [0, 0.1) is 5.82 Å². The quantitative estimate of drug-likeness (QED) is 0.100. The first-order valence-corrected chi connectivity index (χ1v) is 15.8. The van der Waals surface area contributed by atoms with Gasteiger partial charge in [0.2, 0.25) is 0 Å². The lowest BCUT2D eigenvalue weighted by Crippen LogP contribution is -2.38. The molecule has 1 aliphatic rings. The van der Waals surface area contributed by atoms with Crippen LogP contribution >= 0.6 is 11.6 Å². The predicted molar refractivity (Wildman–Crippen MR) is 176 cm³/mol. The third kappa shape index (κ3) is 7.77. The first-order valence-electron chi connectivity index (χ1n) is 15.4. The van der Waals surface area contributed by atoms with Crippen LogP contribution in [0.2, 0.25) is 5.02 Å². The largest absolute Gasteiger partial charge is 0.392 e. The number of piperidine rings is 1. The normalized spacial score (nSPS) is 18.0. The molecule has 1 aliphatic heterocycles. The van der Waals surface area contributed by atoms with Crippen molar-refractivity contribution in [3.63, 3.8) is 0 Å². The number of amidine groups is 1. The van der Waals surface area contributed by atoms with Gasteiger partial charge in [-0.3, -0.25) is 14.5 Å². The molecule has 4 aromatic rings. The van der Waals surface area contributed by atoms with Gasteiger partial charge in [-0.15, -0.1) is 0 Å². The number of aromatic nitrogens is 4. The van der Waals surface area contributed by atoms with E-state index in [2.05, 4.69) is 20.3 Å². The summed E-state index contributed by atoms with van der Waals surface area (Å²) in [5.41, 5.74) is 20.4. The Morgan fingerprint density at radius 1 is 1.29 bits per heavy atom. The molecule has 0 radical (unpaired) electrons. The van der Waals surface area contributed by atoms with Crippen molar-refractivity contribution in [2.75, 3.05) is 13.1 Å². The molecule has 0 saturated carbocycles. The molecular formula is C32H41ClFN9O2. The third-order valence-electron chi connectivity index (χ3n) is 8.26. The van der Waals surface area contributed by atoms with Crippen molar-refractivity contribution in [3.8, 4) is 16.9 Å². The molecule has 0 spiro atoms. The van der Waals surface area contributed by atoms with Gasteiger partial charge in [-0.1, -0.05) is 11.6 Å². The fraction of sp³-hybridized carbons (Fsp3) is 0.438. The highest BCUT2D eigenvalue weighted by molar-refractivity contribution is 6.31. The van der Waals surface area contributed by atoms with E-state index in [-0.39, 0.29) is 36.3 Å². The molecule has 3 atom stereocenters. The molecule has 5 rings (SSSR count). The zero-order valence-corrected chi connectivity index (χ0v) is 26.2. The Hall–Kier alpha value is -3.68. The second-order valence-corrected chi connectivity index (χ2v) is 12.2. The van der Waals surface area contributed by atoms with E-state index in [1.54, 1.807) is 36.7 Å². The number of aliphatic hydroxyl groups excluding tert-OH is 1. The number of benzene rings is 1. The molecule has 9 N–H and O–H groups in total. The second-order valence-electron chi connectivity index (χ2n) is 11.8. The fourth-order valence-corrected chi connectivity index (χ4v) is 6.15. The van der Waals surface area contributed by atoms with Crippen LogP contribution in [0.3, 0.4) is 0 Å². The number of aryl methyl sites for hydroxylation is 1. The highest BCUT2D eigenvalue weighted by atomic mass is 35.5. The molecule has 4 heterocycles. The van der Waals surface area contributed by atoms with Crippen LogP contribution in [0.15, 0.2) is 46.4 Å². The Balaban J connectivity index is 1.40. The number of H-pyrrole nitrogens is 1. The SMILES string of the molecule is C[C@H](N)CCCc1cc(Cl)c(F)c(-c2cc3cn(-c4cnc([C@@H]5CCC[C@@H](CCN=C(N)CN)N5)c(CO)c4)c(=O)nc3[nH]2)c1. The molecule has 1 saturated heterocycles. The summed E-state index contributed by atoms with van der Waals surface area (Å²) in [6.45, 7) is 2.54. The molecule has 0 aliphatic carbocycles. The Kier molecular flexibility index (Phi) is 10.6. The molecule has 11 nitrogen and oxygen atoms in total. The van der Waals surface area contributed by atoms with Gasteiger partial charge < -0.3 is 32.6 Å². The van der Waals surface area contributed by atoms with E-state index in [1.165, 1.54) is 4.57 Å². The van der Waals surface area contributed by atoms with Crippen LogP contribution < -0.4 is 28.2 Å². The number of hydrogen-bond acceptors (Lipinski definition) is 8. The summed E-state index contributed by atoms with van der Waals surface area (Å²) in [4.78, 5) is 29.4. The van der Waals surface area contributed by atoms with Crippen molar-refractivity contribution in [1.29, 1.82) is 0 Å².